The Balaban J connectivity index is 1.99. The number of allylic oxidation sites excluding steroid dienone is 2. The number of nitrogens with one attached hydrogen (secondary N) is 1. The Hall–Kier alpha value is -2.17. The van der Waals surface area contributed by atoms with Crippen molar-refractivity contribution in [3.8, 4) is 0 Å². The summed E-state index contributed by atoms with van der Waals surface area (Å²) in [5, 5.41) is 12.0. The molecule has 1 aliphatic rings. The standard InChI is InChI=1S/C15H18N2O3/c1-10-5-4-8-16-13(10)9-17-14(18)11-6-2-3-7-12(11)15(19)20/h2-5,8,11-12H,6-7,9H2,1H3,(H,17,18)(H,19,20)/t11-,12+/m1/s1. The third kappa shape index (κ3) is 3.23. The van der Waals surface area contributed by atoms with Gasteiger partial charge < -0.3 is 10.4 Å². The maximum absolute atomic E-state index is 12.2. The molecule has 0 aliphatic heterocycles. The summed E-state index contributed by atoms with van der Waals surface area (Å²) in [4.78, 5) is 27.5. The Labute approximate surface area is 117 Å². The molecule has 1 amide bonds. The van der Waals surface area contributed by atoms with Crippen molar-refractivity contribution in [3.05, 3.63) is 41.7 Å². The Bertz CT molecular complexity index is 540. The van der Waals surface area contributed by atoms with Crippen LogP contribution in [0, 0.1) is 18.8 Å². The minimum atomic E-state index is -0.913. The van der Waals surface area contributed by atoms with Crippen molar-refractivity contribution in [2.24, 2.45) is 11.8 Å². The molecule has 5 heteroatoms. The molecule has 0 bridgehead atoms. The van der Waals surface area contributed by atoms with E-state index in [2.05, 4.69) is 10.3 Å². The van der Waals surface area contributed by atoms with Gasteiger partial charge in [0.2, 0.25) is 5.91 Å². The van der Waals surface area contributed by atoms with Crippen LogP contribution >= 0.6 is 0 Å². The number of pyridine rings is 1. The molecule has 0 aromatic carbocycles. The van der Waals surface area contributed by atoms with E-state index in [9.17, 15) is 9.59 Å². The van der Waals surface area contributed by atoms with Crippen molar-refractivity contribution in [2.75, 3.05) is 0 Å². The summed E-state index contributed by atoms with van der Waals surface area (Å²) in [6, 6.07) is 3.77. The SMILES string of the molecule is Cc1cccnc1CNC(=O)[C@@H]1CC=CC[C@@H]1C(=O)O. The molecular formula is C15H18N2O3. The van der Waals surface area contributed by atoms with Crippen LogP contribution in [0.25, 0.3) is 0 Å². The lowest BCUT2D eigenvalue weighted by molar-refractivity contribution is -0.147. The predicted octanol–water partition coefficient (Wildman–Crippen LogP) is 1.67. The van der Waals surface area contributed by atoms with Gasteiger partial charge in [-0.2, -0.15) is 0 Å². The molecular weight excluding hydrogens is 256 g/mol. The lowest BCUT2D eigenvalue weighted by atomic mass is 9.82. The van der Waals surface area contributed by atoms with Gasteiger partial charge in [-0.1, -0.05) is 18.2 Å². The van der Waals surface area contributed by atoms with Crippen molar-refractivity contribution >= 4 is 11.9 Å². The number of hydrogen-bond donors (Lipinski definition) is 2. The van der Waals surface area contributed by atoms with Crippen molar-refractivity contribution in [1.29, 1.82) is 0 Å². The number of nitrogens with zero attached hydrogens (tertiary/aromatic N) is 1. The van der Waals surface area contributed by atoms with Gasteiger partial charge in [0.05, 0.1) is 24.1 Å². The second-order valence-electron chi connectivity index (χ2n) is 4.98. The number of carboxylic acids is 1. The lowest BCUT2D eigenvalue weighted by Crippen LogP contribution is -2.38. The van der Waals surface area contributed by atoms with E-state index in [1.165, 1.54) is 0 Å². The van der Waals surface area contributed by atoms with E-state index in [1.54, 1.807) is 6.20 Å². The Kier molecular flexibility index (Phi) is 4.50. The minimum Gasteiger partial charge on any atom is -0.481 e. The molecule has 0 saturated carbocycles. The van der Waals surface area contributed by atoms with Gasteiger partial charge >= 0.3 is 5.97 Å². The van der Waals surface area contributed by atoms with E-state index in [0.29, 0.717) is 19.4 Å². The fourth-order valence-corrected chi connectivity index (χ4v) is 2.38. The third-order valence-electron chi connectivity index (χ3n) is 3.63. The van der Waals surface area contributed by atoms with Crippen LogP contribution in [0.15, 0.2) is 30.5 Å². The van der Waals surface area contributed by atoms with Crippen LogP contribution in [0.4, 0.5) is 0 Å². The largest absolute Gasteiger partial charge is 0.481 e. The summed E-state index contributed by atoms with van der Waals surface area (Å²) in [5.41, 5.74) is 1.81. The molecule has 1 heterocycles. The van der Waals surface area contributed by atoms with Gasteiger partial charge in [-0.05, 0) is 31.4 Å². The van der Waals surface area contributed by atoms with Crippen LogP contribution in [0.2, 0.25) is 0 Å². The summed E-state index contributed by atoms with van der Waals surface area (Å²) in [6.45, 7) is 2.26. The van der Waals surface area contributed by atoms with E-state index in [4.69, 9.17) is 5.11 Å². The minimum absolute atomic E-state index is 0.216. The molecule has 0 radical (unpaired) electrons. The average molecular weight is 274 g/mol. The zero-order valence-corrected chi connectivity index (χ0v) is 11.4. The molecule has 0 spiro atoms. The Morgan fingerprint density at radius 2 is 2.05 bits per heavy atom. The van der Waals surface area contributed by atoms with Crippen molar-refractivity contribution in [2.45, 2.75) is 26.3 Å². The normalized spacial score (nSPS) is 21.4. The topological polar surface area (TPSA) is 79.3 Å². The Morgan fingerprint density at radius 1 is 1.35 bits per heavy atom. The van der Waals surface area contributed by atoms with Gasteiger partial charge in [-0.3, -0.25) is 14.6 Å². The van der Waals surface area contributed by atoms with Crippen LogP contribution in [0.5, 0.6) is 0 Å². The number of carboxylic acid groups (broad SMARTS) is 1. The average Bonchev–Trinajstić information content (AvgIpc) is 2.46. The lowest BCUT2D eigenvalue weighted by Gasteiger charge is -2.24. The maximum atomic E-state index is 12.2. The van der Waals surface area contributed by atoms with Gasteiger partial charge in [0.25, 0.3) is 0 Å². The quantitative estimate of drug-likeness (QED) is 0.819. The Morgan fingerprint density at radius 3 is 2.70 bits per heavy atom. The first kappa shape index (κ1) is 14.2. The van der Waals surface area contributed by atoms with Gasteiger partial charge in [0.15, 0.2) is 0 Å². The number of carbonyl (C=O) groups is 2. The van der Waals surface area contributed by atoms with Gasteiger partial charge in [0.1, 0.15) is 0 Å². The van der Waals surface area contributed by atoms with E-state index in [0.717, 1.165) is 11.3 Å². The first-order valence-electron chi connectivity index (χ1n) is 6.65. The number of aliphatic carboxylic acids is 1. The monoisotopic (exact) mass is 274 g/mol. The summed E-state index contributed by atoms with van der Waals surface area (Å²) in [6.07, 6.45) is 6.26. The molecule has 5 nitrogen and oxygen atoms in total. The van der Waals surface area contributed by atoms with E-state index < -0.39 is 17.8 Å². The molecule has 1 aliphatic carbocycles. The van der Waals surface area contributed by atoms with Crippen LogP contribution in [-0.4, -0.2) is 22.0 Å². The van der Waals surface area contributed by atoms with Crippen molar-refractivity contribution in [3.63, 3.8) is 0 Å². The van der Waals surface area contributed by atoms with E-state index in [-0.39, 0.29) is 5.91 Å². The summed E-state index contributed by atoms with van der Waals surface area (Å²) < 4.78 is 0. The molecule has 2 atom stereocenters. The zero-order valence-electron chi connectivity index (χ0n) is 11.4. The maximum Gasteiger partial charge on any atom is 0.307 e. The molecule has 0 saturated heterocycles. The summed E-state index contributed by atoms with van der Waals surface area (Å²) >= 11 is 0. The molecule has 1 aromatic heterocycles. The van der Waals surface area contributed by atoms with Crippen molar-refractivity contribution < 1.29 is 14.7 Å². The fraction of sp³-hybridized carbons (Fsp3) is 0.400. The molecule has 0 fully saturated rings. The second kappa shape index (κ2) is 6.32. The third-order valence-corrected chi connectivity index (χ3v) is 3.63. The molecule has 106 valence electrons. The highest BCUT2D eigenvalue weighted by Gasteiger charge is 2.33. The second-order valence-corrected chi connectivity index (χ2v) is 4.98. The van der Waals surface area contributed by atoms with Crippen LogP contribution in [0.1, 0.15) is 24.1 Å². The first-order chi connectivity index (χ1) is 9.59. The summed E-state index contributed by atoms with van der Waals surface area (Å²) in [7, 11) is 0. The number of aryl methyl sites for hydroxylation is 1. The molecule has 2 rings (SSSR count). The first-order valence-corrected chi connectivity index (χ1v) is 6.65. The fourth-order valence-electron chi connectivity index (χ4n) is 2.38. The molecule has 1 aromatic rings. The van der Waals surface area contributed by atoms with Crippen molar-refractivity contribution in [1.82, 2.24) is 10.3 Å². The van der Waals surface area contributed by atoms with E-state index in [1.807, 2.05) is 31.2 Å². The number of rotatable bonds is 4. The number of hydrogen-bond acceptors (Lipinski definition) is 3. The van der Waals surface area contributed by atoms with Crippen LogP contribution < -0.4 is 5.32 Å². The highest BCUT2D eigenvalue weighted by atomic mass is 16.4. The molecule has 20 heavy (non-hydrogen) atoms. The number of aromatic nitrogens is 1. The number of carbonyl (C=O) groups excluding carboxylic acids is 1. The highest BCUT2D eigenvalue weighted by molar-refractivity contribution is 5.85. The predicted molar refractivity (Wildman–Crippen MR) is 73.8 cm³/mol. The highest BCUT2D eigenvalue weighted by Crippen LogP contribution is 2.26. The zero-order chi connectivity index (χ0) is 14.5. The van der Waals surface area contributed by atoms with Gasteiger partial charge in [0, 0.05) is 6.20 Å². The summed E-state index contributed by atoms with van der Waals surface area (Å²) in [5.74, 6) is -2.26. The van der Waals surface area contributed by atoms with Crippen LogP contribution in [0.3, 0.4) is 0 Å². The number of amides is 1. The van der Waals surface area contributed by atoms with Gasteiger partial charge in [-0.25, -0.2) is 0 Å². The van der Waals surface area contributed by atoms with E-state index >= 15 is 0 Å². The molecule has 0 unspecified atom stereocenters. The molecule has 2 N–H and O–H groups in total. The van der Waals surface area contributed by atoms with Crippen LogP contribution in [-0.2, 0) is 16.1 Å². The van der Waals surface area contributed by atoms with Gasteiger partial charge in [-0.15, -0.1) is 0 Å². The smallest absolute Gasteiger partial charge is 0.307 e.